The van der Waals surface area contributed by atoms with Gasteiger partial charge in [-0.1, -0.05) is 65.1 Å². The Morgan fingerprint density at radius 2 is 1.56 bits per heavy atom. The summed E-state index contributed by atoms with van der Waals surface area (Å²) >= 11 is 18.1. The van der Waals surface area contributed by atoms with Gasteiger partial charge in [0.25, 0.3) is 17.7 Å². The largest absolute Gasteiger partial charge is 0.350 e. The summed E-state index contributed by atoms with van der Waals surface area (Å²) in [5.74, 6) is -1.40. The number of benzene rings is 3. The van der Waals surface area contributed by atoms with Crippen LogP contribution in [0.5, 0.6) is 0 Å². The maximum absolute atomic E-state index is 12.8. The lowest BCUT2D eigenvalue weighted by molar-refractivity contribution is -0.137. The second kappa shape index (κ2) is 10.3. The highest BCUT2D eigenvalue weighted by molar-refractivity contribution is 6.48. The van der Waals surface area contributed by atoms with Crippen LogP contribution in [0.2, 0.25) is 10.0 Å². The Bertz CT molecular complexity index is 1290. The molecule has 3 aromatic carbocycles. The maximum Gasteiger partial charge on any atom is 0.278 e. The zero-order valence-corrected chi connectivity index (χ0v) is 19.9. The van der Waals surface area contributed by atoms with E-state index in [1.807, 2.05) is 30.3 Å². The van der Waals surface area contributed by atoms with Crippen molar-refractivity contribution in [3.63, 3.8) is 0 Å². The zero-order chi connectivity index (χ0) is 24.2. The van der Waals surface area contributed by atoms with Gasteiger partial charge in [-0.3, -0.25) is 19.3 Å². The van der Waals surface area contributed by atoms with Crippen LogP contribution in [0, 0.1) is 0 Å². The SMILES string of the molecule is O=C(Nc1ccc(Cl)cc1Cl)c1ccc(NC2=C(Cl)C(=O)N(CCc3ccccc3)C2=O)cc1. The summed E-state index contributed by atoms with van der Waals surface area (Å²) in [6, 6.07) is 20.7. The first-order valence-corrected chi connectivity index (χ1v) is 11.4. The highest BCUT2D eigenvalue weighted by Crippen LogP contribution is 2.27. The van der Waals surface area contributed by atoms with Gasteiger partial charge >= 0.3 is 0 Å². The smallest absolute Gasteiger partial charge is 0.278 e. The molecular weight excluding hydrogens is 497 g/mol. The van der Waals surface area contributed by atoms with E-state index in [-0.39, 0.29) is 23.2 Å². The minimum atomic E-state index is -0.541. The van der Waals surface area contributed by atoms with Crippen molar-refractivity contribution >= 4 is 63.9 Å². The number of nitrogens with zero attached hydrogens (tertiary/aromatic N) is 1. The van der Waals surface area contributed by atoms with Crippen LogP contribution in [-0.2, 0) is 16.0 Å². The van der Waals surface area contributed by atoms with E-state index < -0.39 is 11.8 Å². The summed E-state index contributed by atoms with van der Waals surface area (Å²) in [6.45, 7) is 0.218. The second-order valence-corrected chi connectivity index (χ2v) is 8.69. The van der Waals surface area contributed by atoms with Gasteiger partial charge in [-0.2, -0.15) is 0 Å². The van der Waals surface area contributed by atoms with E-state index >= 15 is 0 Å². The maximum atomic E-state index is 12.8. The number of carbonyl (C=O) groups is 3. The molecule has 0 bridgehead atoms. The number of nitrogens with one attached hydrogen (secondary N) is 2. The number of imide groups is 1. The Kier molecular flexibility index (Phi) is 7.22. The molecule has 0 aliphatic carbocycles. The molecule has 0 radical (unpaired) electrons. The number of anilines is 2. The monoisotopic (exact) mass is 513 g/mol. The van der Waals surface area contributed by atoms with Crippen LogP contribution in [0.15, 0.2) is 83.5 Å². The van der Waals surface area contributed by atoms with Crippen LogP contribution in [0.25, 0.3) is 0 Å². The Labute approximate surface area is 211 Å². The van der Waals surface area contributed by atoms with Crippen molar-refractivity contribution in [2.45, 2.75) is 6.42 Å². The number of hydrogen-bond donors (Lipinski definition) is 2. The van der Waals surface area contributed by atoms with Gasteiger partial charge in [-0.15, -0.1) is 0 Å². The van der Waals surface area contributed by atoms with Gasteiger partial charge in [-0.05, 0) is 54.4 Å². The molecule has 0 spiro atoms. The van der Waals surface area contributed by atoms with Gasteiger partial charge in [0.15, 0.2) is 0 Å². The van der Waals surface area contributed by atoms with Crippen LogP contribution in [-0.4, -0.2) is 29.2 Å². The molecule has 0 fully saturated rings. The highest BCUT2D eigenvalue weighted by Gasteiger charge is 2.37. The average Bonchev–Trinajstić information content (AvgIpc) is 3.03. The van der Waals surface area contributed by atoms with E-state index in [2.05, 4.69) is 10.6 Å². The molecule has 1 aliphatic rings. The summed E-state index contributed by atoms with van der Waals surface area (Å²) in [6.07, 6.45) is 0.525. The molecule has 4 rings (SSSR count). The van der Waals surface area contributed by atoms with Crippen molar-refractivity contribution in [3.8, 4) is 0 Å². The second-order valence-electron chi connectivity index (χ2n) is 7.47. The van der Waals surface area contributed by atoms with Crippen molar-refractivity contribution in [2.24, 2.45) is 0 Å². The fourth-order valence-electron chi connectivity index (χ4n) is 3.38. The van der Waals surface area contributed by atoms with E-state index in [4.69, 9.17) is 34.8 Å². The number of hydrogen-bond acceptors (Lipinski definition) is 4. The first kappa shape index (κ1) is 23.8. The predicted octanol–water partition coefficient (Wildman–Crippen LogP) is 5.72. The number of rotatable bonds is 7. The Balaban J connectivity index is 1.40. The van der Waals surface area contributed by atoms with Crippen LogP contribution in [0.3, 0.4) is 0 Å². The lowest BCUT2D eigenvalue weighted by Crippen LogP contribution is -2.34. The van der Waals surface area contributed by atoms with E-state index in [1.165, 1.54) is 6.07 Å². The van der Waals surface area contributed by atoms with E-state index in [1.54, 1.807) is 36.4 Å². The van der Waals surface area contributed by atoms with Crippen LogP contribution < -0.4 is 10.6 Å². The molecule has 9 heteroatoms. The van der Waals surface area contributed by atoms with E-state index in [9.17, 15) is 14.4 Å². The zero-order valence-electron chi connectivity index (χ0n) is 17.6. The fraction of sp³-hybridized carbons (Fsp3) is 0.0800. The van der Waals surface area contributed by atoms with Gasteiger partial charge in [-0.25, -0.2) is 0 Å². The summed E-state index contributed by atoms with van der Waals surface area (Å²) in [5, 5.41) is 6.23. The molecule has 1 aliphatic heterocycles. The fourth-order valence-corrected chi connectivity index (χ4v) is 4.06. The van der Waals surface area contributed by atoms with Crippen molar-refractivity contribution < 1.29 is 14.4 Å². The van der Waals surface area contributed by atoms with Crippen molar-refractivity contribution in [1.29, 1.82) is 0 Å². The first-order chi connectivity index (χ1) is 16.3. The predicted molar refractivity (Wildman–Crippen MR) is 134 cm³/mol. The minimum Gasteiger partial charge on any atom is -0.350 e. The summed E-state index contributed by atoms with van der Waals surface area (Å²) in [4.78, 5) is 39.0. The molecule has 172 valence electrons. The Morgan fingerprint density at radius 1 is 0.853 bits per heavy atom. The van der Waals surface area contributed by atoms with Crippen molar-refractivity contribution in [2.75, 3.05) is 17.2 Å². The summed E-state index contributed by atoms with van der Waals surface area (Å²) in [7, 11) is 0. The standard InChI is InChI=1S/C25H18Cl3N3O3/c26-17-8-11-20(19(27)14-17)30-23(32)16-6-9-18(10-7-16)29-22-21(28)24(33)31(25(22)34)13-12-15-4-2-1-3-5-15/h1-11,14,29H,12-13H2,(H,30,32). The Hall–Kier alpha value is -3.32. The van der Waals surface area contributed by atoms with Crippen LogP contribution in [0.1, 0.15) is 15.9 Å². The molecule has 6 nitrogen and oxygen atoms in total. The molecule has 3 aromatic rings. The summed E-state index contributed by atoms with van der Waals surface area (Å²) < 4.78 is 0. The van der Waals surface area contributed by atoms with E-state index in [0.717, 1.165) is 10.5 Å². The molecule has 0 saturated heterocycles. The molecule has 0 unspecified atom stereocenters. The lowest BCUT2D eigenvalue weighted by Gasteiger charge is -2.15. The van der Waals surface area contributed by atoms with Gasteiger partial charge in [0, 0.05) is 22.8 Å². The molecule has 0 saturated carbocycles. The van der Waals surface area contributed by atoms with Gasteiger partial charge in [0.2, 0.25) is 0 Å². The number of carbonyl (C=O) groups excluding carboxylic acids is 3. The number of halogens is 3. The lowest BCUT2D eigenvalue weighted by atomic mass is 10.1. The quantitative estimate of drug-likeness (QED) is 0.395. The van der Waals surface area contributed by atoms with Gasteiger partial charge in [0.05, 0.1) is 10.7 Å². The van der Waals surface area contributed by atoms with Crippen molar-refractivity contribution in [3.05, 3.63) is 105 Å². The summed E-state index contributed by atoms with van der Waals surface area (Å²) in [5.41, 5.74) is 2.32. The molecule has 0 aromatic heterocycles. The molecule has 2 N–H and O–H groups in total. The normalized spacial score (nSPS) is 13.4. The highest BCUT2D eigenvalue weighted by atomic mass is 35.5. The van der Waals surface area contributed by atoms with Crippen LogP contribution in [0.4, 0.5) is 11.4 Å². The van der Waals surface area contributed by atoms with E-state index in [0.29, 0.717) is 33.4 Å². The molecule has 34 heavy (non-hydrogen) atoms. The molecule has 0 atom stereocenters. The molecule has 3 amide bonds. The third-order valence-electron chi connectivity index (χ3n) is 5.17. The minimum absolute atomic E-state index is 0.00451. The van der Waals surface area contributed by atoms with Crippen molar-refractivity contribution in [1.82, 2.24) is 4.90 Å². The average molecular weight is 515 g/mol. The first-order valence-electron chi connectivity index (χ1n) is 10.3. The van der Waals surface area contributed by atoms with Gasteiger partial charge < -0.3 is 10.6 Å². The topological polar surface area (TPSA) is 78.5 Å². The number of amides is 3. The molecule has 1 heterocycles. The third-order valence-corrected chi connectivity index (χ3v) is 6.07. The Morgan fingerprint density at radius 3 is 2.24 bits per heavy atom. The molecular formula is C25H18Cl3N3O3. The van der Waals surface area contributed by atoms with Crippen LogP contribution >= 0.6 is 34.8 Å². The third kappa shape index (κ3) is 5.25. The van der Waals surface area contributed by atoms with Gasteiger partial charge in [0.1, 0.15) is 10.7 Å².